The van der Waals surface area contributed by atoms with Gasteiger partial charge >= 0.3 is 0 Å². The molecular formula is C17H25ClN2O5S. The van der Waals surface area contributed by atoms with Crippen molar-refractivity contribution in [3.05, 3.63) is 28.8 Å². The minimum absolute atomic E-state index is 0.105. The molecule has 2 rings (SSSR count). The van der Waals surface area contributed by atoms with E-state index in [1.807, 2.05) is 6.92 Å². The van der Waals surface area contributed by atoms with Crippen LogP contribution >= 0.6 is 11.6 Å². The quantitative estimate of drug-likeness (QED) is 0.750. The SMILES string of the molecule is COC[C@@H](C)NC(=O)c1ccc(OC2CCN(S(C)(=O)=O)CC2)c(Cl)c1. The Labute approximate surface area is 159 Å². The Balaban J connectivity index is 1.95. The standard InChI is InChI=1S/C17H25ClN2O5S/c1-12(11-24-2)19-17(21)13-4-5-16(15(18)10-13)25-14-6-8-20(9-7-14)26(3,22)23/h4-5,10,12,14H,6-9,11H2,1-3H3,(H,19,21)/t12-/m1/s1. The molecule has 0 aliphatic carbocycles. The van der Waals surface area contributed by atoms with Gasteiger partial charge in [0.25, 0.3) is 5.91 Å². The van der Waals surface area contributed by atoms with E-state index in [2.05, 4.69) is 5.32 Å². The molecule has 1 aromatic rings. The molecule has 1 heterocycles. The fourth-order valence-electron chi connectivity index (χ4n) is 2.80. The Morgan fingerprint density at radius 3 is 2.58 bits per heavy atom. The Morgan fingerprint density at radius 2 is 2.04 bits per heavy atom. The highest BCUT2D eigenvalue weighted by atomic mass is 35.5. The first-order valence-corrected chi connectivity index (χ1v) is 10.6. The van der Waals surface area contributed by atoms with Crippen LogP contribution in [0.4, 0.5) is 0 Å². The number of hydrogen-bond acceptors (Lipinski definition) is 5. The maximum absolute atomic E-state index is 12.2. The summed E-state index contributed by atoms with van der Waals surface area (Å²) < 4.78 is 35.4. The molecule has 1 fully saturated rings. The second kappa shape index (κ2) is 9.03. The summed E-state index contributed by atoms with van der Waals surface area (Å²) >= 11 is 6.26. The zero-order chi connectivity index (χ0) is 19.3. The van der Waals surface area contributed by atoms with Crippen LogP contribution in [0, 0.1) is 0 Å². The molecule has 9 heteroatoms. The van der Waals surface area contributed by atoms with Gasteiger partial charge in [-0.1, -0.05) is 11.6 Å². The predicted octanol–water partition coefficient (Wildman–Crippen LogP) is 1.91. The molecule has 1 amide bonds. The molecule has 26 heavy (non-hydrogen) atoms. The Hall–Kier alpha value is -1.35. The first-order chi connectivity index (χ1) is 12.2. The van der Waals surface area contributed by atoms with Gasteiger partial charge in [-0.3, -0.25) is 4.79 Å². The average Bonchev–Trinajstić information content (AvgIpc) is 2.56. The van der Waals surface area contributed by atoms with Crippen molar-refractivity contribution in [3.63, 3.8) is 0 Å². The molecule has 1 N–H and O–H groups in total. The highest BCUT2D eigenvalue weighted by molar-refractivity contribution is 7.88. The second-order valence-corrected chi connectivity index (χ2v) is 8.84. The van der Waals surface area contributed by atoms with Crippen molar-refractivity contribution in [2.45, 2.75) is 31.9 Å². The number of carbonyl (C=O) groups excluding carboxylic acids is 1. The summed E-state index contributed by atoms with van der Waals surface area (Å²) in [6.45, 7) is 3.13. The van der Waals surface area contributed by atoms with E-state index in [4.69, 9.17) is 21.1 Å². The second-order valence-electron chi connectivity index (χ2n) is 6.45. The van der Waals surface area contributed by atoms with E-state index < -0.39 is 10.0 Å². The van der Waals surface area contributed by atoms with Gasteiger partial charge in [-0.2, -0.15) is 0 Å². The van der Waals surface area contributed by atoms with Crippen molar-refractivity contribution < 1.29 is 22.7 Å². The normalized spacial score (nSPS) is 17.7. The molecule has 1 saturated heterocycles. The van der Waals surface area contributed by atoms with E-state index in [0.29, 0.717) is 48.9 Å². The summed E-state index contributed by atoms with van der Waals surface area (Å²) in [5, 5.41) is 3.17. The lowest BCUT2D eigenvalue weighted by Crippen LogP contribution is -2.41. The largest absolute Gasteiger partial charge is 0.489 e. The van der Waals surface area contributed by atoms with Gasteiger partial charge in [-0.15, -0.1) is 0 Å². The molecule has 1 aliphatic heterocycles. The molecule has 1 atom stereocenters. The maximum atomic E-state index is 12.2. The van der Waals surface area contributed by atoms with E-state index in [0.717, 1.165) is 0 Å². The molecule has 0 aromatic heterocycles. The van der Waals surface area contributed by atoms with E-state index in [9.17, 15) is 13.2 Å². The first-order valence-electron chi connectivity index (χ1n) is 8.42. The lowest BCUT2D eigenvalue weighted by atomic mass is 10.1. The lowest BCUT2D eigenvalue weighted by Gasteiger charge is -2.30. The zero-order valence-corrected chi connectivity index (χ0v) is 16.8. The number of carbonyl (C=O) groups is 1. The summed E-state index contributed by atoms with van der Waals surface area (Å²) in [6, 6.07) is 4.78. The van der Waals surface area contributed by atoms with Crippen LogP contribution in [-0.4, -0.2) is 63.8 Å². The van der Waals surface area contributed by atoms with Gasteiger partial charge in [0.05, 0.1) is 17.9 Å². The van der Waals surface area contributed by atoms with Crippen molar-refractivity contribution in [3.8, 4) is 5.75 Å². The summed E-state index contributed by atoms with van der Waals surface area (Å²) in [5.41, 5.74) is 0.442. The zero-order valence-electron chi connectivity index (χ0n) is 15.2. The van der Waals surface area contributed by atoms with Crippen molar-refractivity contribution in [1.82, 2.24) is 9.62 Å². The van der Waals surface area contributed by atoms with Gasteiger partial charge in [-0.25, -0.2) is 12.7 Å². The number of rotatable bonds is 7. The number of nitrogens with zero attached hydrogens (tertiary/aromatic N) is 1. The summed E-state index contributed by atoms with van der Waals surface area (Å²) in [7, 11) is -1.59. The fourth-order valence-corrected chi connectivity index (χ4v) is 3.90. The molecule has 0 unspecified atom stereocenters. The van der Waals surface area contributed by atoms with Gasteiger partial charge in [0.15, 0.2) is 0 Å². The van der Waals surface area contributed by atoms with Crippen LogP contribution in [-0.2, 0) is 14.8 Å². The lowest BCUT2D eigenvalue weighted by molar-refractivity contribution is 0.0905. The highest BCUT2D eigenvalue weighted by Crippen LogP contribution is 2.28. The van der Waals surface area contributed by atoms with Crippen LogP contribution in [0.25, 0.3) is 0 Å². The van der Waals surface area contributed by atoms with E-state index in [1.54, 1.807) is 25.3 Å². The molecule has 0 saturated carbocycles. The number of sulfonamides is 1. The van der Waals surface area contributed by atoms with Crippen LogP contribution in [0.1, 0.15) is 30.1 Å². The minimum Gasteiger partial charge on any atom is -0.489 e. The third kappa shape index (κ3) is 5.84. The Kier molecular flexibility index (Phi) is 7.28. The number of nitrogens with one attached hydrogen (secondary N) is 1. The molecular weight excluding hydrogens is 380 g/mol. The topological polar surface area (TPSA) is 84.9 Å². The average molecular weight is 405 g/mol. The Morgan fingerprint density at radius 1 is 1.38 bits per heavy atom. The number of piperidine rings is 1. The molecule has 0 spiro atoms. The maximum Gasteiger partial charge on any atom is 0.251 e. The number of hydrogen-bond donors (Lipinski definition) is 1. The van der Waals surface area contributed by atoms with Gasteiger partial charge in [0.2, 0.25) is 10.0 Å². The van der Waals surface area contributed by atoms with E-state index in [-0.39, 0.29) is 18.1 Å². The molecule has 1 aliphatic rings. The number of ether oxygens (including phenoxy) is 2. The van der Waals surface area contributed by atoms with Crippen molar-refractivity contribution in [2.75, 3.05) is 33.1 Å². The molecule has 7 nitrogen and oxygen atoms in total. The van der Waals surface area contributed by atoms with Crippen molar-refractivity contribution >= 4 is 27.5 Å². The number of amides is 1. The number of benzene rings is 1. The Bertz CT molecular complexity index is 733. The van der Waals surface area contributed by atoms with Crippen molar-refractivity contribution in [1.29, 1.82) is 0 Å². The summed E-state index contributed by atoms with van der Waals surface area (Å²) in [6.07, 6.45) is 2.30. The molecule has 1 aromatic carbocycles. The summed E-state index contributed by atoms with van der Waals surface area (Å²) in [4.78, 5) is 12.2. The van der Waals surface area contributed by atoms with Gasteiger partial charge < -0.3 is 14.8 Å². The third-order valence-corrected chi connectivity index (χ3v) is 5.75. The fraction of sp³-hybridized carbons (Fsp3) is 0.588. The van der Waals surface area contributed by atoms with Crippen LogP contribution in [0.15, 0.2) is 18.2 Å². The van der Waals surface area contributed by atoms with E-state index in [1.165, 1.54) is 10.6 Å². The number of methoxy groups -OCH3 is 1. The van der Waals surface area contributed by atoms with Crippen molar-refractivity contribution in [2.24, 2.45) is 0 Å². The van der Waals surface area contributed by atoms with Crippen LogP contribution < -0.4 is 10.1 Å². The van der Waals surface area contributed by atoms with Gasteiger partial charge in [0, 0.05) is 31.8 Å². The molecule has 0 bridgehead atoms. The first kappa shape index (κ1) is 21.0. The smallest absolute Gasteiger partial charge is 0.251 e. The molecule has 0 radical (unpaired) electrons. The van der Waals surface area contributed by atoms with Gasteiger partial charge in [0.1, 0.15) is 11.9 Å². The van der Waals surface area contributed by atoms with E-state index >= 15 is 0 Å². The third-order valence-electron chi connectivity index (χ3n) is 4.15. The monoisotopic (exact) mass is 404 g/mol. The minimum atomic E-state index is -3.16. The summed E-state index contributed by atoms with van der Waals surface area (Å²) in [5.74, 6) is 0.260. The van der Waals surface area contributed by atoms with Crippen LogP contribution in [0.5, 0.6) is 5.75 Å². The highest BCUT2D eigenvalue weighted by Gasteiger charge is 2.26. The number of halogens is 1. The predicted molar refractivity (Wildman–Crippen MR) is 100 cm³/mol. The van der Waals surface area contributed by atoms with Gasteiger partial charge in [-0.05, 0) is 38.0 Å². The van der Waals surface area contributed by atoms with Crippen LogP contribution in [0.2, 0.25) is 5.02 Å². The molecule has 146 valence electrons. The van der Waals surface area contributed by atoms with Crippen LogP contribution in [0.3, 0.4) is 0 Å².